The summed E-state index contributed by atoms with van der Waals surface area (Å²) in [5.41, 5.74) is -1.00. The summed E-state index contributed by atoms with van der Waals surface area (Å²) in [5, 5.41) is 22.7. The van der Waals surface area contributed by atoms with Gasteiger partial charge in [-0.3, -0.25) is 10.1 Å². The van der Waals surface area contributed by atoms with Crippen molar-refractivity contribution in [3.05, 3.63) is 33.9 Å². The lowest BCUT2D eigenvalue weighted by molar-refractivity contribution is -0.386. The molecule has 0 saturated heterocycles. The van der Waals surface area contributed by atoms with Crippen molar-refractivity contribution in [2.75, 3.05) is 7.11 Å². The second-order valence-electron chi connectivity index (χ2n) is 5.97. The van der Waals surface area contributed by atoms with E-state index in [2.05, 4.69) is 5.32 Å². The lowest BCUT2D eigenvalue weighted by Gasteiger charge is -2.22. The minimum Gasteiger partial charge on any atom is -0.490 e. The van der Waals surface area contributed by atoms with E-state index in [1.165, 1.54) is 25.3 Å². The highest BCUT2D eigenvalue weighted by atomic mass is 16.6. The molecule has 0 spiro atoms. The van der Waals surface area contributed by atoms with Crippen molar-refractivity contribution < 1.29 is 29.1 Å². The summed E-state index contributed by atoms with van der Waals surface area (Å²) in [6, 6.07) is 2.94. The highest BCUT2D eigenvalue weighted by molar-refractivity contribution is 5.80. The van der Waals surface area contributed by atoms with Gasteiger partial charge in [-0.15, -0.1) is 0 Å². The number of alkyl carbamates (subject to hydrolysis) is 1. The normalized spacial score (nSPS) is 12.2. The molecule has 1 aromatic rings. The number of nitro groups is 1. The Balaban J connectivity index is 3.04. The van der Waals surface area contributed by atoms with Crippen molar-refractivity contribution >= 4 is 17.7 Å². The van der Waals surface area contributed by atoms with Gasteiger partial charge in [-0.25, -0.2) is 9.59 Å². The Morgan fingerprint density at radius 1 is 1.38 bits per heavy atom. The summed E-state index contributed by atoms with van der Waals surface area (Å²) in [7, 11) is 1.28. The smallest absolute Gasteiger partial charge is 0.408 e. The largest absolute Gasteiger partial charge is 0.490 e. The Hall–Kier alpha value is -2.84. The Morgan fingerprint density at radius 2 is 2.00 bits per heavy atom. The van der Waals surface area contributed by atoms with Crippen LogP contribution in [-0.2, 0) is 16.0 Å². The number of nitrogens with one attached hydrogen (secondary N) is 1. The maximum absolute atomic E-state index is 11.8. The lowest BCUT2D eigenvalue weighted by atomic mass is 10.0. The molecule has 1 aromatic carbocycles. The minimum atomic E-state index is -1.38. The average Bonchev–Trinajstić information content (AvgIpc) is 2.43. The lowest BCUT2D eigenvalue weighted by Crippen LogP contribution is -2.44. The molecule has 0 heterocycles. The molecule has 1 amide bonds. The first-order valence-corrected chi connectivity index (χ1v) is 7.07. The van der Waals surface area contributed by atoms with Crippen molar-refractivity contribution in [3.63, 3.8) is 0 Å². The van der Waals surface area contributed by atoms with Crippen molar-refractivity contribution in [1.82, 2.24) is 5.32 Å². The minimum absolute atomic E-state index is 0.0129. The highest BCUT2D eigenvalue weighted by Gasteiger charge is 2.28. The zero-order valence-corrected chi connectivity index (χ0v) is 13.9. The molecule has 0 aliphatic heterocycles. The molecule has 0 radical (unpaired) electrons. The van der Waals surface area contributed by atoms with E-state index in [9.17, 15) is 24.8 Å². The van der Waals surface area contributed by atoms with Gasteiger partial charge >= 0.3 is 17.7 Å². The number of nitro benzene ring substituents is 1. The number of aliphatic carboxylic acids is 1. The van der Waals surface area contributed by atoms with Crippen LogP contribution >= 0.6 is 0 Å². The molecule has 0 unspecified atom stereocenters. The second kappa shape index (κ2) is 7.62. The van der Waals surface area contributed by atoms with Gasteiger partial charge in [-0.05, 0) is 26.8 Å². The summed E-state index contributed by atoms with van der Waals surface area (Å²) in [6.45, 7) is 4.90. The van der Waals surface area contributed by atoms with Gasteiger partial charge in [0.2, 0.25) is 0 Å². The number of carbonyl (C=O) groups is 2. The van der Waals surface area contributed by atoms with Crippen molar-refractivity contribution in [2.24, 2.45) is 0 Å². The predicted octanol–water partition coefficient (Wildman–Crippen LogP) is 2.12. The molecule has 1 rings (SSSR count). The summed E-state index contributed by atoms with van der Waals surface area (Å²) in [4.78, 5) is 33.7. The number of carbonyl (C=O) groups excluding carboxylic acids is 1. The van der Waals surface area contributed by atoms with Crippen molar-refractivity contribution in [1.29, 1.82) is 0 Å². The number of rotatable bonds is 6. The molecule has 24 heavy (non-hydrogen) atoms. The van der Waals surface area contributed by atoms with Crippen LogP contribution in [0.25, 0.3) is 0 Å². The quantitative estimate of drug-likeness (QED) is 0.599. The van der Waals surface area contributed by atoms with E-state index in [1.54, 1.807) is 20.8 Å². The van der Waals surface area contributed by atoms with Crippen LogP contribution in [-0.4, -0.2) is 40.8 Å². The highest BCUT2D eigenvalue weighted by Crippen LogP contribution is 2.31. The number of para-hydroxylation sites is 1. The Kier molecular flexibility index (Phi) is 6.10. The number of methoxy groups -OCH3 is 1. The second-order valence-corrected chi connectivity index (χ2v) is 5.97. The number of amides is 1. The van der Waals surface area contributed by atoms with E-state index < -0.39 is 28.6 Å². The zero-order valence-electron chi connectivity index (χ0n) is 13.9. The SMILES string of the molecule is COc1cccc(C[C@H](NC(=O)OC(C)(C)C)C(=O)O)c1[N+](=O)[O-]. The van der Waals surface area contributed by atoms with Crippen molar-refractivity contribution in [3.8, 4) is 5.75 Å². The predicted molar refractivity (Wildman–Crippen MR) is 84.1 cm³/mol. The van der Waals surface area contributed by atoms with E-state index in [-0.39, 0.29) is 23.4 Å². The number of hydrogen-bond donors (Lipinski definition) is 2. The van der Waals surface area contributed by atoms with Gasteiger partial charge in [0, 0.05) is 12.0 Å². The van der Waals surface area contributed by atoms with Gasteiger partial charge in [0.05, 0.1) is 12.0 Å². The van der Waals surface area contributed by atoms with Crippen LogP contribution in [0.15, 0.2) is 18.2 Å². The summed E-state index contributed by atoms with van der Waals surface area (Å²) >= 11 is 0. The maximum Gasteiger partial charge on any atom is 0.408 e. The van der Waals surface area contributed by atoms with E-state index in [1.807, 2.05) is 0 Å². The first-order valence-electron chi connectivity index (χ1n) is 7.07. The molecular weight excluding hydrogens is 320 g/mol. The molecule has 0 aliphatic rings. The third kappa shape index (κ3) is 5.41. The van der Waals surface area contributed by atoms with E-state index >= 15 is 0 Å². The molecule has 1 atom stereocenters. The van der Waals surface area contributed by atoms with E-state index in [0.717, 1.165) is 0 Å². The molecule has 0 fully saturated rings. The first-order chi connectivity index (χ1) is 11.0. The third-order valence-electron chi connectivity index (χ3n) is 2.90. The number of benzene rings is 1. The standard InChI is InChI=1S/C15H20N2O7/c1-15(2,3)24-14(20)16-10(13(18)19)8-9-6-5-7-11(23-4)12(9)17(21)22/h5-7,10H,8H2,1-4H3,(H,16,20)(H,18,19)/t10-/m0/s1. The topological polar surface area (TPSA) is 128 Å². The fraction of sp³-hybridized carbons (Fsp3) is 0.467. The number of carboxylic acid groups (broad SMARTS) is 1. The fourth-order valence-electron chi connectivity index (χ4n) is 1.97. The third-order valence-corrected chi connectivity index (χ3v) is 2.90. The van der Waals surface area contributed by atoms with E-state index in [0.29, 0.717) is 0 Å². The van der Waals surface area contributed by atoms with Crippen LogP contribution in [0.1, 0.15) is 26.3 Å². The van der Waals surface area contributed by atoms with Crippen LogP contribution in [0.4, 0.5) is 10.5 Å². The van der Waals surface area contributed by atoms with Gasteiger partial charge in [-0.1, -0.05) is 12.1 Å². The monoisotopic (exact) mass is 340 g/mol. The molecule has 9 nitrogen and oxygen atoms in total. The molecule has 0 saturated carbocycles. The number of ether oxygens (including phenoxy) is 2. The summed E-state index contributed by atoms with van der Waals surface area (Å²) in [6.07, 6.45) is -1.21. The molecular formula is C15H20N2O7. The van der Waals surface area contributed by atoms with Gasteiger partial charge in [-0.2, -0.15) is 0 Å². The molecule has 132 valence electrons. The van der Waals surface area contributed by atoms with Crippen LogP contribution in [0, 0.1) is 10.1 Å². The average molecular weight is 340 g/mol. The number of carboxylic acids is 1. The molecule has 2 N–H and O–H groups in total. The van der Waals surface area contributed by atoms with Crippen LogP contribution in [0.5, 0.6) is 5.75 Å². The number of hydrogen-bond acceptors (Lipinski definition) is 6. The fourth-order valence-corrected chi connectivity index (χ4v) is 1.97. The number of nitrogens with zero attached hydrogens (tertiary/aromatic N) is 1. The summed E-state index contributed by atoms with van der Waals surface area (Å²) in [5.74, 6) is -1.32. The zero-order chi connectivity index (χ0) is 18.5. The summed E-state index contributed by atoms with van der Waals surface area (Å²) < 4.78 is 9.94. The van der Waals surface area contributed by atoms with Crippen LogP contribution in [0.2, 0.25) is 0 Å². The molecule has 0 aromatic heterocycles. The van der Waals surface area contributed by atoms with Crippen LogP contribution < -0.4 is 10.1 Å². The molecule has 0 aliphatic carbocycles. The Bertz CT molecular complexity index is 637. The van der Waals surface area contributed by atoms with Crippen molar-refractivity contribution in [2.45, 2.75) is 38.8 Å². The first kappa shape index (κ1) is 19.2. The Labute approximate surface area is 138 Å². The Morgan fingerprint density at radius 3 is 2.46 bits per heavy atom. The van der Waals surface area contributed by atoms with Crippen LogP contribution in [0.3, 0.4) is 0 Å². The van der Waals surface area contributed by atoms with Gasteiger partial charge < -0.3 is 19.9 Å². The molecule has 0 bridgehead atoms. The van der Waals surface area contributed by atoms with E-state index in [4.69, 9.17) is 9.47 Å². The maximum atomic E-state index is 11.8. The van der Waals surface area contributed by atoms with Gasteiger partial charge in [0.25, 0.3) is 0 Å². The molecule has 9 heteroatoms. The van der Waals surface area contributed by atoms with Gasteiger partial charge in [0.1, 0.15) is 11.6 Å². The van der Waals surface area contributed by atoms with Gasteiger partial charge in [0.15, 0.2) is 5.75 Å².